The zero-order chi connectivity index (χ0) is 14.7. The lowest BCUT2D eigenvalue weighted by atomic mass is 10.0. The van der Waals surface area contributed by atoms with E-state index in [0.717, 1.165) is 5.56 Å². The minimum absolute atomic E-state index is 0.0601. The lowest BCUT2D eigenvalue weighted by molar-refractivity contribution is 0.435. The van der Waals surface area contributed by atoms with Gasteiger partial charge in [0.15, 0.2) is 0 Å². The fraction of sp³-hybridized carbons (Fsp3) is 0.250. The molecule has 2 atom stereocenters. The molecule has 0 aliphatic heterocycles. The van der Waals surface area contributed by atoms with Gasteiger partial charge in [-0.1, -0.05) is 23.7 Å². The topological polar surface area (TPSA) is 32.3 Å². The van der Waals surface area contributed by atoms with Crippen LogP contribution in [0.4, 0.5) is 4.39 Å². The number of hydrogen-bond acceptors (Lipinski definition) is 2. The van der Waals surface area contributed by atoms with Crippen LogP contribution in [0.2, 0.25) is 5.02 Å². The highest BCUT2D eigenvalue weighted by atomic mass is 35.5. The molecule has 2 rings (SSSR count). The van der Waals surface area contributed by atoms with Gasteiger partial charge >= 0.3 is 0 Å². The van der Waals surface area contributed by atoms with Crippen LogP contribution in [0.3, 0.4) is 0 Å². The van der Waals surface area contributed by atoms with Crippen molar-refractivity contribution in [1.29, 1.82) is 0 Å². The molecule has 0 heterocycles. The van der Waals surface area contributed by atoms with Crippen LogP contribution < -0.4 is 5.32 Å². The standard InChI is InChI=1S/C16H17ClFNO/c1-10(12-3-5-13(17)6-4-12)19-11(2)15-9-14(18)7-8-16(15)20/h3-11,19-20H,1-2H3/t10-,11?/m0/s1. The second kappa shape index (κ2) is 6.25. The molecular weight excluding hydrogens is 277 g/mol. The van der Waals surface area contributed by atoms with E-state index in [2.05, 4.69) is 5.32 Å². The van der Waals surface area contributed by atoms with Gasteiger partial charge < -0.3 is 10.4 Å². The fourth-order valence-electron chi connectivity index (χ4n) is 2.18. The van der Waals surface area contributed by atoms with Gasteiger partial charge in [0.1, 0.15) is 11.6 Å². The van der Waals surface area contributed by atoms with Crippen molar-refractivity contribution >= 4 is 11.6 Å². The zero-order valence-corrected chi connectivity index (χ0v) is 12.2. The zero-order valence-electron chi connectivity index (χ0n) is 11.4. The number of hydrogen-bond donors (Lipinski definition) is 2. The normalized spacial score (nSPS) is 14.0. The highest BCUT2D eigenvalue weighted by Crippen LogP contribution is 2.27. The molecule has 1 unspecified atom stereocenters. The summed E-state index contributed by atoms with van der Waals surface area (Å²) in [5.41, 5.74) is 1.63. The summed E-state index contributed by atoms with van der Waals surface area (Å²) in [5.74, 6) is -0.264. The van der Waals surface area contributed by atoms with Crippen LogP contribution in [0.25, 0.3) is 0 Å². The van der Waals surface area contributed by atoms with Gasteiger partial charge in [-0.05, 0) is 49.7 Å². The number of nitrogens with one attached hydrogen (secondary N) is 1. The molecule has 0 amide bonds. The maximum Gasteiger partial charge on any atom is 0.123 e. The third kappa shape index (κ3) is 3.50. The first-order valence-corrected chi connectivity index (χ1v) is 6.85. The molecule has 2 N–H and O–H groups in total. The Morgan fingerprint density at radius 2 is 1.70 bits per heavy atom. The lowest BCUT2D eigenvalue weighted by Crippen LogP contribution is -2.22. The van der Waals surface area contributed by atoms with Gasteiger partial charge in [0.25, 0.3) is 0 Å². The summed E-state index contributed by atoms with van der Waals surface area (Å²) in [4.78, 5) is 0. The molecule has 0 bridgehead atoms. The summed E-state index contributed by atoms with van der Waals surface area (Å²) in [7, 11) is 0. The third-order valence-corrected chi connectivity index (χ3v) is 3.58. The van der Waals surface area contributed by atoms with Gasteiger partial charge in [-0.2, -0.15) is 0 Å². The molecule has 4 heteroatoms. The molecule has 0 fully saturated rings. The molecule has 0 spiro atoms. The van der Waals surface area contributed by atoms with E-state index in [-0.39, 0.29) is 23.7 Å². The monoisotopic (exact) mass is 293 g/mol. The second-order valence-corrected chi connectivity index (χ2v) is 5.30. The Morgan fingerprint density at radius 1 is 1.05 bits per heavy atom. The molecule has 0 aromatic heterocycles. The summed E-state index contributed by atoms with van der Waals surface area (Å²) >= 11 is 5.86. The van der Waals surface area contributed by atoms with Crippen molar-refractivity contribution in [2.75, 3.05) is 0 Å². The predicted molar refractivity (Wildman–Crippen MR) is 79.5 cm³/mol. The molecule has 2 nitrogen and oxygen atoms in total. The Labute approximate surface area is 123 Å². The number of phenols is 1. The molecule has 106 valence electrons. The van der Waals surface area contributed by atoms with Crippen LogP contribution in [0, 0.1) is 5.82 Å². The van der Waals surface area contributed by atoms with Gasteiger partial charge in [0, 0.05) is 22.7 Å². The quantitative estimate of drug-likeness (QED) is 0.863. The number of benzene rings is 2. The van der Waals surface area contributed by atoms with Crippen molar-refractivity contribution in [2.45, 2.75) is 25.9 Å². The van der Waals surface area contributed by atoms with Crippen molar-refractivity contribution in [3.8, 4) is 5.75 Å². The smallest absolute Gasteiger partial charge is 0.123 e. The van der Waals surface area contributed by atoms with Gasteiger partial charge in [0.05, 0.1) is 0 Å². The second-order valence-electron chi connectivity index (χ2n) is 4.86. The SMILES string of the molecule is CC(N[C@@H](C)c1ccc(Cl)cc1)c1cc(F)ccc1O. The van der Waals surface area contributed by atoms with Crippen molar-refractivity contribution < 1.29 is 9.50 Å². The average molecular weight is 294 g/mol. The van der Waals surface area contributed by atoms with Gasteiger partial charge in [0.2, 0.25) is 0 Å². The molecule has 0 aliphatic carbocycles. The van der Waals surface area contributed by atoms with Crippen molar-refractivity contribution in [2.24, 2.45) is 0 Å². The molecule has 2 aromatic rings. The Morgan fingerprint density at radius 3 is 2.35 bits per heavy atom. The van der Waals surface area contributed by atoms with Gasteiger partial charge in [-0.15, -0.1) is 0 Å². The first kappa shape index (κ1) is 14.8. The number of phenolic OH excluding ortho intramolecular Hbond substituents is 1. The Balaban J connectivity index is 2.12. The van der Waals surface area contributed by atoms with Crippen molar-refractivity contribution in [3.05, 3.63) is 64.4 Å². The van der Waals surface area contributed by atoms with Gasteiger partial charge in [-0.3, -0.25) is 0 Å². The number of rotatable bonds is 4. The highest BCUT2D eigenvalue weighted by molar-refractivity contribution is 6.30. The van der Waals surface area contributed by atoms with E-state index in [0.29, 0.717) is 10.6 Å². The Hall–Kier alpha value is -1.58. The van der Waals surface area contributed by atoms with Crippen LogP contribution in [0.5, 0.6) is 5.75 Å². The number of aromatic hydroxyl groups is 1. The predicted octanol–water partition coefficient (Wildman–Crippen LogP) is 4.60. The van der Waals surface area contributed by atoms with E-state index in [1.165, 1.54) is 18.2 Å². The van der Waals surface area contributed by atoms with Crippen molar-refractivity contribution in [3.63, 3.8) is 0 Å². The lowest BCUT2D eigenvalue weighted by Gasteiger charge is -2.21. The Bertz CT molecular complexity index is 586. The van der Waals surface area contributed by atoms with Crippen molar-refractivity contribution in [1.82, 2.24) is 5.32 Å². The molecule has 0 aliphatic rings. The van der Waals surface area contributed by atoms with Crippen LogP contribution in [-0.2, 0) is 0 Å². The fourth-order valence-corrected chi connectivity index (χ4v) is 2.31. The summed E-state index contributed by atoms with van der Waals surface area (Å²) < 4.78 is 13.3. The van der Waals surface area contributed by atoms with Crippen LogP contribution in [0.15, 0.2) is 42.5 Å². The third-order valence-electron chi connectivity index (χ3n) is 3.33. The molecule has 0 saturated carbocycles. The minimum Gasteiger partial charge on any atom is -0.508 e. The maximum absolute atomic E-state index is 13.3. The molecule has 20 heavy (non-hydrogen) atoms. The first-order chi connectivity index (χ1) is 9.47. The average Bonchev–Trinajstić information content (AvgIpc) is 2.42. The molecule has 0 saturated heterocycles. The largest absolute Gasteiger partial charge is 0.508 e. The van der Waals surface area contributed by atoms with E-state index < -0.39 is 0 Å². The summed E-state index contributed by atoms with van der Waals surface area (Å²) in [6, 6.07) is 11.4. The van der Waals surface area contributed by atoms with Crippen LogP contribution >= 0.6 is 11.6 Å². The minimum atomic E-state index is -0.356. The molecular formula is C16H17ClFNO. The van der Waals surface area contributed by atoms with E-state index in [1.54, 1.807) is 0 Å². The molecule has 2 aromatic carbocycles. The number of halogens is 2. The first-order valence-electron chi connectivity index (χ1n) is 6.47. The van der Waals surface area contributed by atoms with Crippen LogP contribution in [-0.4, -0.2) is 5.11 Å². The highest BCUT2D eigenvalue weighted by Gasteiger charge is 2.14. The van der Waals surface area contributed by atoms with Gasteiger partial charge in [-0.25, -0.2) is 4.39 Å². The van der Waals surface area contributed by atoms with Crippen LogP contribution in [0.1, 0.15) is 37.1 Å². The van der Waals surface area contributed by atoms with E-state index in [9.17, 15) is 9.50 Å². The summed E-state index contributed by atoms with van der Waals surface area (Å²) in [5, 5.41) is 13.8. The van der Waals surface area contributed by atoms with E-state index in [4.69, 9.17) is 11.6 Å². The summed E-state index contributed by atoms with van der Waals surface area (Å²) in [6.07, 6.45) is 0. The maximum atomic E-state index is 13.3. The van der Waals surface area contributed by atoms with E-state index >= 15 is 0 Å². The molecule has 0 radical (unpaired) electrons. The van der Waals surface area contributed by atoms with E-state index in [1.807, 2.05) is 38.1 Å². The Kier molecular flexibility index (Phi) is 4.63. The summed E-state index contributed by atoms with van der Waals surface area (Å²) in [6.45, 7) is 3.90.